The number of halogens is 1. The highest BCUT2D eigenvalue weighted by Crippen LogP contribution is 2.13. The number of H-pyrrole nitrogens is 1. The van der Waals surface area contributed by atoms with E-state index in [0.717, 1.165) is 6.42 Å². The number of anilines is 1. The molecule has 0 aliphatic rings. The van der Waals surface area contributed by atoms with Crippen molar-refractivity contribution in [2.45, 2.75) is 6.42 Å². The Morgan fingerprint density at radius 3 is 3.19 bits per heavy atom. The molecular formula is C10H10ClN3OS. The predicted molar refractivity (Wildman–Crippen MR) is 66.4 cm³/mol. The van der Waals surface area contributed by atoms with Crippen molar-refractivity contribution >= 4 is 28.8 Å². The Morgan fingerprint density at radius 1 is 1.56 bits per heavy atom. The van der Waals surface area contributed by atoms with Crippen LogP contribution < -0.4 is 10.9 Å². The summed E-state index contributed by atoms with van der Waals surface area (Å²) in [6.45, 7) is 0.705. The van der Waals surface area contributed by atoms with Gasteiger partial charge in [-0.3, -0.25) is 4.79 Å². The lowest BCUT2D eigenvalue weighted by Gasteiger charge is -2.04. The molecule has 2 heterocycles. The molecule has 4 nitrogen and oxygen atoms in total. The fraction of sp³-hybridized carbons (Fsp3) is 0.200. The van der Waals surface area contributed by atoms with Crippen molar-refractivity contribution < 1.29 is 0 Å². The van der Waals surface area contributed by atoms with Crippen LogP contribution >= 0.6 is 22.9 Å². The number of nitrogens with one attached hydrogen (secondary N) is 2. The van der Waals surface area contributed by atoms with E-state index in [1.165, 1.54) is 11.2 Å². The first-order valence-corrected chi connectivity index (χ1v) is 6.02. The topological polar surface area (TPSA) is 57.8 Å². The van der Waals surface area contributed by atoms with Crippen molar-refractivity contribution in [1.29, 1.82) is 0 Å². The molecule has 6 heteroatoms. The van der Waals surface area contributed by atoms with Crippen LogP contribution in [0.15, 0.2) is 28.6 Å². The molecule has 0 spiro atoms. The summed E-state index contributed by atoms with van der Waals surface area (Å²) in [6, 6.07) is 4.08. The summed E-state index contributed by atoms with van der Waals surface area (Å²) >= 11 is 7.49. The fourth-order valence-electron chi connectivity index (χ4n) is 1.27. The van der Waals surface area contributed by atoms with Gasteiger partial charge in [-0.1, -0.05) is 17.7 Å². The average molecular weight is 256 g/mol. The van der Waals surface area contributed by atoms with Gasteiger partial charge in [-0.25, -0.2) is 4.98 Å². The third-order valence-corrected chi connectivity index (χ3v) is 3.33. The molecule has 0 aliphatic carbocycles. The Hall–Kier alpha value is -1.33. The van der Waals surface area contributed by atoms with E-state index >= 15 is 0 Å². The highest BCUT2D eigenvalue weighted by atomic mass is 35.5. The maximum absolute atomic E-state index is 11.2. The van der Waals surface area contributed by atoms with Crippen molar-refractivity contribution in [3.05, 3.63) is 44.1 Å². The molecule has 0 saturated heterocycles. The second-order valence-corrected chi connectivity index (χ2v) is 4.56. The minimum atomic E-state index is -0.324. The first-order chi connectivity index (χ1) is 7.77. The molecule has 0 bridgehead atoms. The summed E-state index contributed by atoms with van der Waals surface area (Å²) in [5, 5.41) is 5.18. The standard InChI is InChI=1S/C10H10ClN3OS/c11-8-9(13-6-14-10(8)15)12-4-3-7-2-1-5-16-7/h1-2,5-6H,3-4H2,(H2,12,13,14,15). The van der Waals surface area contributed by atoms with Gasteiger partial charge in [-0.05, 0) is 17.9 Å². The van der Waals surface area contributed by atoms with Crippen molar-refractivity contribution in [2.24, 2.45) is 0 Å². The first kappa shape index (κ1) is 11.2. The molecule has 0 fully saturated rings. The summed E-state index contributed by atoms with van der Waals surface area (Å²) < 4.78 is 0. The molecule has 0 amide bonds. The number of aromatic nitrogens is 2. The van der Waals surface area contributed by atoms with Crippen LogP contribution in [0.5, 0.6) is 0 Å². The molecule has 0 unspecified atom stereocenters. The third kappa shape index (κ3) is 2.62. The number of hydrogen-bond acceptors (Lipinski definition) is 4. The van der Waals surface area contributed by atoms with Gasteiger partial charge < -0.3 is 10.3 Å². The molecule has 0 radical (unpaired) electrons. The maximum Gasteiger partial charge on any atom is 0.271 e. The average Bonchev–Trinajstić information content (AvgIpc) is 2.77. The van der Waals surface area contributed by atoms with E-state index < -0.39 is 0 Å². The normalized spacial score (nSPS) is 10.3. The number of rotatable bonds is 4. The monoisotopic (exact) mass is 255 g/mol. The van der Waals surface area contributed by atoms with Crippen molar-refractivity contribution in [2.75, 3.05) is 11.9 Å². The van der Waals surface area contributed by atoms with Crippen LogP contribution in [0.25, 0.3) is 0 Å². The Morgan fingerprint density at radius 2 is 2.44 bits per heavy atom. The van der Waals surface area contributed by atoms with E-state index in [1.807, 2.05) is 11.4 Å². The Balaban J connectivity index is 1.95. The van der Waals surface area contributed by atoms with Gasteiger partial charge in [-0.15, -0.1) is 11.3 Å². The van der Waals surface area contributed by atoms with Gasteiger partial charge in [-0.2, -0.15) is 0 Å². The largest absolute Gasteiger partial charge is 0.368 e. The zero-order valence-electron chi connectivity index (χ0n) is 8.37. The quantitative estimate of drug-likeness (QED) is 0.880. The molecule has 2 N–H and O–H groups in total. The second-order valence-electron chi connectivity index (χ2n) is 3.15. The molecule has 0 atom stereocenters. The van der Waals surface area contributed by atoms with Gasteiger partial charge in [0.05, 0.1) is 6.33 Å². The van der Waals surface area contributed by atoms with Crippen molar-refractivity contribution in [3.63, 3.8) is 0 Å². The summed E-state index contributed by atoms with van der Waals surface area (Å²) in [5.74, 6) is 0.432. The van der Waals surface area contributed by atoms with E-state index in [0.29, 0.717) is 12.4 Å². The van der Waals surface area contributed by atoms with E-state index in [-0.39, 0.29) is 10.6 Å². The molecule has 2 aromatic rings. The van der Waals surface area contributed by atoms with E-state index in [9.17, 15) is 4.79 Å². The molecule has 16 heavy (non-hydrogen) atoms. The fourth-order valence-corrected chi connectivity index (χ4v) is 2.14. The van der Waals surface area contributed by atoms with Gasteiger partial charge in [0.25, 0.3) is 5.56 Å². The van der Waals surface area contributed by atoms with Crippen LogP contribution in [0.1, 0.15) is 4.88 Å². The lowest BCUT2D eigenvalue weighted by Crippen LogP contribution is -2.13. The summed E-state index contributed by atoms with van der Waals surface area (Å²) in [5.41, 5.74) is -0.324. The summed E-state index contributed by atoms with van der Waals surface area (Å²) in [7, 11) is 0. The Labute approximate surface area is 101 Å². The molecule has 0 saturated carbocycles. The van der Waals surface area contributed by atoms with Crippen LogP contribution in [0, 0.1) is 0 Å². The van der Waals surface area contributed by atoms with Gasteiger partial charge >= 0.3 is 0 Å². The SMILES string of the molecule is O=c1[nH]cnc(NCCc2cccs2)c1Cl. The highest BCUT2D eigenvalue weighted by Gasteiger charge is 2.04. The maximum atomic E-state index is 11.2. The molecule has 0 aliphatic heterocycles. The lowest BCUT2D eigenvalue weighted by atomic mass is 10.3. The smallest absolute Gasteiger partial charge is 0.271 e. The van der Waals surface area contributed by atoms with Crippen LogP contribution in [-0.4, -0.2) is 16.5 Å². The number of nitrogens with zero attached hydrogens (tertiary/aromatic N) is 1. The molecule has 0 aromatic carbocycles. The molecular weight excluding hydrogens is 246 g/mol. The van der Waals surface area contributed by atoms with Gasteiger partial charge in [0.15, 0.2) is 5.82 Å². The molecule has 2 aromatic heterocycles. The van der Waals surface area contributed by atoms with Crippen LogP contribution in [0.4, 0.5) is 5.82 Å². The van der Waals surface area contributed by atoms with E-state index in [4.69, 9.17) is 11.6 Å². The Bertz CT molecular complexity index is 509. The number of aromatic amines is 1. The predicted octanol–water partition coefficient (Wildman–Crippen LogP) is 2.14. The van der Waals surface area contributed by atoms with Crippen LogP contribution in [0.2, 0.25) is 5.02 Å². The minimum Gasteiger partial charge on any atom is -0.368 e. The summed E-state index contributed by atoms with van der Waals surface area (Å²) in [6.07, 6.45) is 2.23. The van der Waals surface area contributed by atoms with Crippen LogP contribution in [-0.2, 0) is 6.42 Å². The zero-order valence-corrected chi connectivity index (χ0v) is 9.94. The molecule has 2 rings (SSSR count). The second kappa shape index (κ2) is 5.14. The zero-order chi connectivity index (χ0) is 11.4. The van der Waals surface area contributed by atoms with Crippen molar-refractivity contribution in [3.8, 4) is 0 Å². The third-order valence-electron chi connectivity index (χ3n) is 2.04. The summed E-state index contributed by atoms with van der Waals surface area (Å²) in [4.78, 5) is 18.8. The number of hydrogen-bond donors (Lipinski definition) is 2. The van der Waals surface area contributed by atoms with Gasteiger partial charge in [0.2, 0.25) is 0 Å². The molecule has 84 valence electrons. The minimum absolute atomic E-state index is 0.105. The first-order valence-electron chi connectivity index (χ1n) is 4.77. The van der Waals surface area contributed by atoms with Crippen LogP contribution in [0.3, 0.4) is 0 Å². The highest BCUT2D eigenvalue weighted by molar-refractivity contribution is 7.09. The van der Waals surface area contributed by atoms with Crippen molar-refractivity contribution in [1.82, 2.24) is 9.97 Å². The van der Waals surface area contributed by atoms with Gasteiger partial charge in [0, 0.05) is 11.4 Å². The van der Waals surface area contributed by atoms with E-state index in [1.54, 1.807) is 11.3 Å². The number of thiophene rings is 1. The Kier molecular flexibility index (Phi) is 3.58. The van der Waals surface area contributed by atoms with Gasteiger partial charge in [0.1, 0.15) is 5.02 Å². The van der Waals surface area contributed by atoms with E-state index in [2.05, 4.69) is 21.4 Å². The lowest BCUT2D eigenvalue weighted by molar-refractivity contribution is 1.01.